The van der Waals surface area contributed by atoms with Crippen molar-refractivity contribution in [1.29, 1.82) is 0 Å². The van der Waals surface area contributed by atoms with E-state index >= 15 is 0 Å². The number of carboxylic acids is 1. The lowest BCUT2D eigenvalue weighted by atomic mass is 10.3. The summed E-state index contributed by atoms with van der Waals surface area (Å²) in [5.41, 5.74) is -0.136. The van der Waals surface area contributed by atoms with Gasteiger partial charge < -0.3 is 10.1 Å². The summed E-state index contributed by atoms with van der Waals surface area (Å²) < 4.78 is 0. The Kier molecular flexibility index (Phi) is 2.50. The summed E-state index contributed by atoms with van der Waals surface area (Å²) in [6, 6.07) is 1.24. The lowest BCUT2D eigenvalue weighted by Gasteiger charge is -1.98. The Labute approximate surface area is 72.8 Å². The Hall–Kier alpha value is -1.29. The molecule has 1 heterocycles. The van der Waals surface area contributed by atoms with Crippen molar-refractivity contribution in [3.63, 3.8) is 0 Å². The first-order valence-corrected chi connectivity index (χ1v) is 3.57. The van der Waals surface area contributed by atoms with Gasteiger partial charge in [-0.25, -0.2) is 0 Å². The van der Waals surface area contributed by atoms with Crippen molar-refractivity contribution in [1.82, 2.24) is 4.98 Å². The van der Waals surface area contributed by atoms with E-state index in [1.54, 1.807) is 0 Å². The highest BCUT2D eigenvalue weighted by atomic mass is 35.5. The number of aromatic nitrogens is 1. The highest BCUT2D eigenvalue weighted by Gasteiger charge is 2.07. The van der Waals surface area contributed by atoms with E-state index in [1.807, 2.05) is 0 Å². The van der Waals surface area contributed by atoms with E-state index in [1.165, 1.54) is 12.3 Å². The number of H-pyrrole nitrogens is 1. The first-order chi connectivity index (χ1) is 5.61. The van der Waals surface area contributed by atoms with Crippen LogP contribution >= 0.6 is 11.6 Å². The maximum atomic E-state index is 10.9. The van der Waals surface area contributed by atoms with Gasteiger partial charge in [-0.15, -0.1) is 0 Å². The molecule has 0 bridgehead atoms. The Morgan fingerprint density at radius 3 is 2.92 bits per heavy atom. The number of hydrogen-bond acceptors (Lipinski definition) is 2. The molecule has 1 aromatic heterocycles. The molecule has 0 fully saturated rings. The van der Waals surface area contributed by atoms with Gasteiger partial charge in [-0.3, -0.25) is 9.59 Å². The van der Waals surface area contributed by atoms with Crippen LogP contribution in [0.1, 0.15) is 5.69 Å². The minimum atomic E-state index is -1.03. The standard InChI is InChI=1S/C7H6ClNO3/c8-7-4(3-6(11)12)9-2-1-5(7)10/h1-2H,3H2,(H,9,10)(H,11,12). The molecule has 0 radical (unpaired) electrons. The highest BCUT2D eigenvalue weighted by molar-refractivity contribution is 6.31. The number of hydrogen-bond donors (Lipinski definition) is 2. The third-order valence-electron chi connectivity index (χ3n) is 1.30. The quantitative estimate of drug-likeness (QED) is 0.715. The summed E-state index contributed by atoms with van der Waals surface area (Å²) in [7, 11) is 0. The van der Waals surface area contributed by atoms with Gasteiger partial charge in [0.15, 0.2) is 5.43 Å². The van der Waals surface area contributed by atoms with Gasteiger partial charge in [-0.1, -0.05) is 11.6 Å². The summed E-state index contributed by atoms with van der Waals surface area (Å²) in [5, 5.41) is 8.35. The maximum absolute atomic E-state index is 10.9. The van der Waals surface area contributed by atoms with Crippen LogP contribution in [0.5, 0.6) is 0 Å². The van der Waals surface area contributed by atoms with E-state index in [0.29, 0.717) is 0 Å². The van der Waals surface area contributed by atoms with Crippen molar-refractivity contribution in [3.05, 3.63) is 33.2 Å². The van der Waals surface area contributed by atoms with Gasteiger partial charge in [-0.2, -0.15) is 0 Å². The molecule has 0 aromatic carbocycles. The van der Waals surface area contributed by atoms with Crippen molar-refractivity contribution >= 4 is 17.6 Å². The molecule has 0 saturated carbocycles. The number of carboxylic acid groups (broad SMARTS) is 1. The van der Waals surface area contributed by atoms with Crippen LogP contribution in [0.2, 0.25) is 5.02 Å². The first-order valence-electron chi connectivity index (χ1n) is 3.19. The van der Waals surface area contributed by atoms with Crippen LogP contribution < -0.4 is 5.43 Å². The summed E-state index contributed by atoms with van der Waals surface area (Å²) in [6.45, 7) is 0. The number of aliphatic carboxylic acids is 1. The summed E-state index contributed by atoms with van der Waals surface area (Å²) in [5.74, 6) is -1.03. The maximum Gasteiger partial charge on any atom is 0.309 e. The predicted molar refractivity (Wildman–Crippen MR) is 43.4 cm³/mol. The third-order valence-corrected chi connectivity index (χ3v) is 1.72. The molecule has 5 heteroatoms. The fourth-order valence-electron chi connectivity index (χ4n) is 0.783. The Morgan fingerprint density at radius 2 is 2.33 bits per heavy atom. The average molecular weight is 188 g/mol. The second kappa shape index (κ2) is 3.40. The molecule has 12 heavy (non-hydrogen) atoms. The molecule has 0 aliphatic rings. The molecule has 0 unspecified atom stereocenters. The van der Waals surface area contributed by atoms with Gasteiger partial charge in [0.25, 0.3) is 0 Å². The van der Waals surface area contributed by atoms with E-state index in [4.69, 9.17) is 16.7 Å². The van der Waals surface area contributed by atoms with Crippen molar-refractivity contribution in [2.75, 3.05) is 0 Å². The Morgan fingerprint density at radius 1 is 1.67 bits per heavy atom. The molecule has 64 valence electrons. The molecule has 0 atom stereocenters. The number of nitrogens with one attached hydrogen (secondary N) is 1. The minimum absolute atomic E-state index is 0.0556. The van der Waals surface area contributed by atoms with Gasteiger partial charge in [0, 0.05) is 18.0 Å². The topological polar surface area (TPSA) is 70.2 Å². The number of pyridine rings is 1. The smallest absolute Gasteiger partial charge is 0.309 e. The second-order valence-corrected chi connectivity index (χ2v) is 2.58. The number of carbonyl (C=O) groups is 1. The summed E-state index contributed by atoms with van der Waals surface area (Å²) in [6.07, 6.45) is 1.10. The number of rotatable bonds is 2. The molecule has 4 nitrogen and oxygen atoms in total. The summed E-state index contributed by atoms with van der Waals surface area (Å²) >= 11 is 5.53. The molecule has 2 N–H and O–H groups in total. The van der Waals surface area contributed by atoms with Gasteiger partial charge in [0.1, 0.15) is 5.02 Å². The molecule has 1 aromatic rings. The molecule has 0 spiro atoms. The van der Waals surface area contributed by atoms with Gasteiger partial charge in [0.2, 0.25) is 0 Å². The van der Waals surface area contributed by atoms with Crippen LogP contribution in [0.3, 0.4) is 0 Å². The molecule has 0 aliphatic carbocycles. The van der Waals surface area contributed by atoms with Crippen LogP contribution in [-0.2, 0) is 11.2 Å². The lowest BCUT2D eigenvalue weighted by Crippen LogP contribution is -2.09. The van der Waals surface area contributed by atoms with Crippen molar-refractivity contribution in [3.8, 4) is 0 Å². The Balaban J connectivity index is 3.08. The first kappa shape index (κ1) is 8.80. The van der Waals surface area contributed by atoms with E-state index in [-0.39, 0.29) is 22.6 Å². The normalized spacial score (nSPS) is 9.75. The number of aromatic amines is 1. The molecule has 0 amide bonds. The van der Waals surface area contributed by atoms with Gasteiger partial charge >= 0.3 is 5.97 Å². The zero-order valence-electron chi connectivity index (χ0n) is 6.00. The fourth-order valence-corrected chi connectivity index (χ4v) is 0.967. The van der Waals surface area contributed by atoms with E-state index in [9.17, 15) is 9.59 Å². The van der Waals surface area contributed by atoms with Crippen molar-refractivity contribution < 1.29 is 9.90 Å². The van der Waals surface area contributed by atoms with Crippen LogP contribution in [-0.4, -0.2) is 16.1 Å². The van der Waals surface area contributed by atoms with E-state index < -0.39 is 5.97 Å². The number of halogens is 1. The fraction of sp³-hybridized carbons (Fsp3) is 0.143. The van der Waals surface area contributed by atoms with Gasteiger partial charge in [0.05, 0.1) is 6.42 Å². The van der Waals surface area contributed by atoms with Crippen LogP contribution in [0.25, 0.3) is 0 Å². The zero-order chi connectivity index (χ0) is 9.14. The SMILES string of the molecule is O=C(O)Cc1[nH]ccc(=O)c1Cl. The monoisotopic (exact) mass is 187 g/mol. The van der Waals surface area contributed by atoms with Crippen LogP contribution in [0.15, 0.2) is 17.1 Å². The second-order valence-electron chi connectivity index (χ2n) is 2.20. The zero-order valence-corrected chi connectivity index (χ0v) is 6.76. The van der Waals surface area contributed by atoms with E-state index in [2.05, 4.69) is 4.98 Å². The van der Waals surface area contributed by atoms with Crippen LogP contribution in [0.4, 0.5) is 0 Å². The molecule has 1 rings (SSSR count). The van der Waals surface area contributed by atoms with Crippen molar-refractivity contribution in [2.45, 2.75) is 6.42 Å². The molecule has 0 saturated heterocycles. The predicted octanol–water partition coefficient (Wildman–Crippen LogP) is 0.655. The van der Waals surface area contributed by atoms with Crippen LogP contribution in [0, 0.1) is 0 Å². The molecule has 0 aliphatic heterocycles. The van der Waals surface area contributed by atoms with E-state index in [0.717, 1.165) is 0 Å². The Bertz CT molecular complexity index is 358. The molecular formula is C7H6ClNO3. The third kappa shape index (κ3) is 1.85. The average Bonchev–Trinajstić information content (AvgIpc) is 1.98. The highest BCUT2D eigenvalue weighted by Crippen LogP contribution is 2.07. The lowest BCUT2D eigenvalue weighted by molar-refractivity contribution is -0.136. The summed E-state index contributed by atoms with van der Waals surface area (Å²) in [4.78, 5) is 23.7. The largest absolute Gasteiger partial charge is 0.481 e. The van der Waals surface area contributed by atoms with Gasteiger partial charge in [-0.05, 0) is 0 Å². The van der Waals surface area contributed by atoms with Crippen molar-refractivity contribution in [2.24, 2.45) is 0 Å². The molecular weight excluding hydrogens is 182 g/mol. The minimum Gasteiger partial charge on any atom is -0.481 e.